The molecule has 0 bridgehead atoms. The van der Waals surface area contributed by atoms with E-state index in [0.29, 0.717) is 5.02 Å². The molecular formula is C14H19ClN4. The topological polar surface area (TPSA) is 41.0 Å². The molecule has 19 heavy (non-hydrogen) atoms. The summed E-state index contributed by atoms with van der Waals surface area (Å²) in [7, 11) is 0. The lowest BCUT2D eigenvalue weighted by atomic mass is 10.3. The predicted octanol–water partition coefficient (Wildman–Crippen LogP) is 3.04. The molecule has 0 saturated heterocycles. The molecule has 2 aromatic heterocycles. The largest absolute Gasteiger partial charge is 0.382 e. The van der Waals surface area contributed by atoms with Crippen molar-refractivity contribution in [2.45, 2.75) is 13.8 Å². The van der Waals surface area contributed by atoms with Gasteiger partial charge in [0.2, 0.25) is 0 Å². The van der Waals surface area contributed by atoms with E-state index >= 15 is 0 Å². The van der Waals surface area contributed by atoms with Crippen LogP contribution in [-0.4, -0.2) is 41.0 Å². The van der Waals surface area contributed by atoms with Gasteiger partial charge in [-0.15, -0.1) is 0 Å². The summed E-state index contributed by atoms with van der Waals surface area (Å²) in [6.45, 7) is 8.41. The van der Waals surface area contributed by atoms with Crippen molar-refractivity contribution in [1.29, 1.82) is 0 Å². The fourth-order valence-electron chi connectivity index (χ4n) is 2.04. The van der Waals surface area contributed by atoms with Crippen molar-refractivity contribution in [3.8, 4) is 0 Å². The molecule has 2 rings (SSSR count). The lowest BCUT2D eigenvalue weighted by Gasteiger charge is -2.18. The molecule has 1 N–H and O–H groups in total. The number of nitrogens with one attached hydrogen (secondary N) is 1. The second-order valence-electron chi connectivity index (χ2n) is 4.33. The van der Waals surface area contributed by atoms with Crippen LogP contribution >= 0.6 is 11.6 Å². The minimum Gasteiger partial charge on any atom is -0.382 e. The zero-order valence-corrected chi connectivity index (χ0v) is 12.1. The Bertz CT molecular complexity index is 540. The second-order valence-corrected chi connectivity index (χ2v) is 4.77. The number of fused-ring (bicyclic) bond motifs is 1. The molecule has 0 aromatic carbocycles. The van der Waals surface area contributed by atoms with Crippen LogP contribution in [0.3, 0.4) is 0 Å². The van der Waals surface area contributed by atoms with Crippen molar-refractivity contribution >= 4 is 28.3 Å². The standard InChI is InChI=1S/C14H19ClN4/c1-3-19(4-2)8-7-17-12-5-6-16-13-9-11(15)10-18-14(12)13/h5-6,9-10H,3-4,7-8H2,1-2H3,(H,16,17). The van der Waals surface area contributed by atoms with Crippen LogP contribution in [0.1, 0.15) is 13.8 Å². The van der Waals surface area contributed by atoms with Gasteiger partial charge >= 0.3 is 0 Å². The summed E-state index contributed by atoms with van der Waals surface area (Å²) in [5.74, 6) is 0. The zero-order chi connectivity index (χ0) is 13.7. The van der Waals surface area contributed by atoms with Gasteiger partial charge in [-0.1, -0.05) is 25.4 Å². The number of pyridine rings is 2. The van der Waals surface area contributed by atoms with Gasteiger partial charge in [0.1, 0.15) is 5.52 Å². The van der Waals surface area contributed by atoms with Crippen LogP contribution < -0.4 is 5.32 Å². The van der Waals surface area contributed by atoms with E-state index in [1.807, 2.05) is 12.1 Å². The fourth-order valence-corrected chi connectivity index (χ4v) is 2.19. The molecule has 0 atom stereocenters. The molecule has 102 valence electrons. The molecule has 0 saturated carbocycles. The first-order chi connectivity index (χ1) is 9.24. The van der Waals surface area contributed by atoms with Gasteiger partial charge in [-0.3, -0.25) is 9.97 Å². The van der Waals surface area contributed by atoms with Crippen molar-refractivity contribution in [1.82, 2.24) is 14.9 Å². The van der Waals surface area contributed by atoms with E-state index in [1.165, 1.54) is 0 Å². The summed E-state index contributed by atoms with van der Waals surface area (Å²) < 4.78 is 0. The second kappa shape index (κ2) is 6.68. The molecule has 0 fully saturated rings. The summed E-state index contributed by atoms with van der Waals surface area (Å²) in [5.41, 5.74) is 2.70. The van der Waals surface area contributed by atoms with E-state index in [9.17, 15) is 0 Å². The lowest BCUT2D eigenvalue weighted by Crippen LogP contribution is -2.28. The van der Waals surface area contributed by atoms with E-state index in [2.05, 4.69) is 34.0 Å². The Balaban J connectivity index is 2.08. The summed E-state index contributed by atoms with van der Waals surface area (Å²) in [6, 6.07) is 3.78. The first-order valence-electron chi connectivity index (χ1n) is 6.61. The van der Waals surface area contributed by atoms with Gasteiger partial charge in [0.05, 0.1) is 16.2 Å². The minimum absolute atomic E-state index is 0.611. The average molecular weight is 279 g/mol. The van der Waals surface area contributed by atoms with Crippen LogP contribution in [0.2, 0.25) is 5.02 Å². The zero-order valence-electron chi connectivity index (χ0n) is 11.4. The van der Waals surface area contributed by atoms with Crippen LogP contribution in [0, 0.1) is 0 Å². The van der Waals surface area contributed by atoms with Crippen molar-refractivity contribution < 1.29 is 0 Å². The van der Waals surface area contributed by atoms with Gasteiger partial charge in [-0.25, -0.2) is 0 Å². The maximum absolute atomic E-state index is 5.92. The van der Waals surface area contributed by atoms with Gasteiger partial charge in [0.25, 0.3) is 0 Å². The number of hydrogen-bond donors (Lipinski definition) is 1. The molecule has 0 aliphatic heterocycles. The van der Waals surface area contributed by atoms with Gasteiger partial charge in [-0.2, -0.15) is 0 Å². The molecule has 2 aromatic rings. The molecule has 0 aliphatic carbocycles. The van der Waals surface area contributed by atoms with Gasteiger partial charge in [0, 0.05) is 25.5 Å². The number of aromatic nitrogens is 2. The molecule has 2 heterocycles. The summed E-state index contributed by atoms with van der Waals surface area (Å²) in [6.07, 6.45) is 3.43. The van der Waals surface area contributed by atoms with E-state index in [4.69, 9.17) is 11.6 Å². The molecule has 0 radical (unpaired) electrons. The highest BCUT2D eigenvalue weighted by Crippen LogP contribution is 2.21. The van der Waals surface area contributed by atoms with Crippen molar-refractivity contribution in [2.24, 2.45) is 0 Å². The molecular weight excluding hydrogens is 260 g/mol. The van der Waals surface area contributed by atoms with Gasteiger partial charge in [-0.05, 0) is 25.2 Å². The van der Waals surface area contributed by atoms with Crippen LogP contribution in [-0.2, 0) is 0 Å². The first-order valence-corrected chi connectivity index (χ1v) is 6.99. The Labute approximate surface area is 118 Å². The number of halogens is 1. The predicted molar refractivity (Wildman–Crippen MR) is 80.8 cm³/mol. The number of hydrogen-bond acceptors (Lipinski definition) is 4. The molecule has 4 nitrogen and oxygen atoms in total. The highest BCUT2D eigenvalue weighted by atomic mass is 35.5. The molecule has 0 unspecified atom stereocenters. The van der Waals surface area contributed by atoms with E-state index in [0.717, 1.165) is 42.9 Å². The SMILES string of the molecule is CCN(CC)CCNc1ccnc2cc(Cl)cnc12. The molecule has 0 amide bonds. The third kappa shape index (κ3) is 3.55. The van der Waals surface area contributed by atoms with Crippen LogP contribution in [0.4, 0.5) is 5.69 Å². The first kappa shape index (κ1) is 14.0. The Morgan fingerprint density at radius 1 is 1.26 bits per heavy atom. The quantitative estimate of drug-likeness (QED) is 0.882. The minimum atomic E-state index is 0.611. The van der Waals surface area contributed by atoms with E-state index in [-0.39, 0.29) is 0 Å². The Morgan fingerprint density at radius 3 is 2.79 bits per heavy atom. The maximum atomic E-state index is 5.92. The molecule has 5 heteroatoms. The Hall–Kier alpha value is -1.39. The van der Waals surface area contributed by atoms with Crippen LogP contribution in [0.15, 0.2) is 24.5 Å². The van der Waals surface area contributed by atoms with E-state index in [1.54, 1.807) is 12.4 Å². The Morgan fingerprint density at radius 2 is 2.05 bits per heavy atom. The molecule has 0 spiro atoms. The van der Waals surface area contributed by atoms with Crippen molar-refractivity contribution in [3.05, 3.63) is 29.5 Å². The van der Waals surface area contributed by atoms with Crippen molar-refractivity contribution in [2.75, 3.05) is 31.5 Å². The average Bonchev–Trinajstić information content (AvgIpc) is 2.43. The summed E-state index contributed by atoms with van der Waals surface area (Å²) >= 11 is 5.92. The monoisotopic (exact) mass is 278 g/mol. The number of anilines is 1. The lowest BCUT2D eigenvalue weighted by molar-refractivity contribution is 0.316. The molecule has 0 aliphatic rings. The highest BCUT2D eigenvalue weighted by molar-refractivity contribution is 6.31. The van der Waals surface area contributed by atoms with Crippen molar-refractivity contribution in [3.63, 3.8) is 0 Å². The van der Waals surface area contributed by atoms with Gasteiger partial charge < -0.3 is 10.2 Å². The number of rotatable bonds is 6. The third-order valence-corrected chi connectivity index (χ3v) is 3.39. The number of nitrogens with zero attached hydrogens (tertiary/aromatic N) is 3. The van der Waals surface area contributed by atoms with Crippen LogP contribution in [0.25, 0.3) is 11.0 Å². The van der Waals surface area contributed by atoms with Gasteiger partial charge in [0.15, 0.2) is 0 Å². The summed E-state index contributed by atoms with van der Waals surface area (Å²) in [5, 5.41) is 4.03. The maximum Gasteiger partial charge on any atom is 0.112 e. The normalized spacial score (nSPS) is 11.2. The third-order valence-electron chi connectivity index (χ3n) is 3.18. The number of likely N-dealkylation sites (N-methyl/N-ethyl adjacent to an activating group) is 1. The fraction of sp³-hybridized carbons (Fsp3) is 0.429. The van der Waals surface area contributed by atoms with Crippen LogP contribution in [0.5, 0.6) is 0 Å². The Kier molecular flexibility index (Phi) is 4.93. The summed E-state index contributed by atoms with van der Waals surface area (Å²) in [4.78, 5) is 11.0. The van der Waals surface area contributed by atoms with E-state index < -0.39 is 0 Å². The highest BCUT2D eigenvalue weighted by Gasteiger charge is 2.04. The smallest absolute Gasteiger partial charge is 0.112 e.